The van der Waals surface area contributed by atoms with E-state index < -0.39 is 0 Å². The van der Waals surface area contributed by atoms with Crippen LogP contribution >= 0.6 is 0 Å². The van der Waals surface area contributed by atoms with Crippen LogP contribution in [0.4, 0.5) is 10.3 Å². The van der Waals surface area contributed by atoms with Gasteiger partial charge in [-0.1, -0.05) is 31.4 Å². The third-order valence-corrected chi connectivity index (χ3v) is 3.96. The molecule has 1 aromatic carbocycles. The molecule has 1 heterocycles. The highest BCUT2D eigenvalue weighted by atomic mass is 19.1. The second-order valence-electron chi connectivity index (χ2n) is 5.61. The van der Waals surface area contributed by atoms with Crippen LogP contribution in [-0.2, 0) is 6.42 Å². The van der Waals surface area contributed by atoms with Crippen LogP contribution in [-0.4, -0.2) is 15.0 Å². The zero-order valence-corrected chi connectivity index (χ0v) is 11.9. The van der Waals surface area contributed by atoms with E-state index in [0.29, 0.717) is 18.2 Å². The quantitative estimate of drug-likeness (QED) is 0.940. The highest BCUT2D eigenvalue weighted by molar-refractivity contribution is 5.23. The minimum atomic E-state index is -0.239. The maximum atomic E-state index is 12.9. The first-order chi connectivity index (χ1) is 10.2. The summed E-state index contributed by atoms with van der Waals surface area (Å²) in [7, 11) is 0. The molecule has 21 heavy (non-hydrogen) atoms. The van der Waals surface area contributed by atoms with Crippen LogP contribution in [0.25, 0.3) is 0 Å². The number of benzene rings is 1. The normalized spacial score (nSPS) is 16.0. The molecule has 3 rings (SSSR count). The minimum Gasteiger partial charge on any atom is -0.368 e. The first-order valence-electron chi connectivity index (χ1n) is 7.45. The highest BCUT2D eigenvalue weighted by Gasteiger charge is 2.19. The highest BCUT2D eigenvalue weighted by Crippen LogP contribution is 2.30. The molecule has 0 bridgehead atoms. The van der Waals surface area contributed by atoms with Gasteiger partial charge in [0.1, 0.15) is 17.5 Å². The molecule has 0 radical (unpaired) electrons. The monoisotopic (exact) mass is 286 g/mol. The van der Waals surface area contributed by atoms with Crippen LogP contribution < -0.4 is 5.73 Å². The zero-order chi connectivity index (χ0) is 14.7. The molecule has 0 atom stereocenters. The van der Waals surface area contributed by atoms with Crippen molar-refractivity contribution in [2.45, 2.75) is 44.4 Å². The third kappa shape index (κ3) is 3.54. The SMILES string of the molecule is Nc1nc(Cc2ccc(F)cc2)nc(C2CCCCC2)n1. The van der Waals surface area contributed by atoms with E-state index in [2.05, 4.69) is 15.0 Å². The number of hydrogen-bond acceptors (Lipinski definition) is 4. The van der Waals surface area contributed by atoms with Crippen molar-refractivity contribution in [2.75, 3.05) is 5.73 Å². The van der Waals surface area contributed by atoms with Crippen molar-refractivity contribution >= 4 is 5.95 Å². The molecule has 0 spiro atoms. The summed E-state index contributed by atoms with van der Waals surface area (Å²) in [5.74, 6) is 1.92. The molecule has 1 fully saturated rings. The lowest BCUT2D eigenvalue weighted by Crippen LogP contribution is -2.13. The molecule has 2 aromatic rings. The van der Waals surface area contributed by atoms with Crippen molar-refractivity contribution in [1.29, 1.82) is 0 Å². The Morgan fingerprint density at radius 1 is 1.00 bits per heavy atom. The van der Waals surface area contributed by atoms with E-state index in [4.69, 9.17) is 5.73 Å². The van der Waals surface area contributed by atoms with E-state index in [1.807, 2.05) is 0 Å². The number of nitrogens with zero attached hydrogens (tertiary/aromatic N) is 3. The summed E-state index contributed by atoms with van der Waals surface area (Å²) in [5, 5.41) is 0. The largest absolute Gasteiger partial charge is 0.368 e. The second-order valence-corrected chi connectivity index (χ2v) is 5.61. The second kappa shape index (κ2) is 6.16. The molecule has 0 amide bonds. The van der Waals surface area contributed by atoms with Crippen LogP contribution in [0.2, 0.25) is 0 Å². The Balaban J connectivity index is 1.81. The first-order valence-corrected chi connectivity index (χ1v) is 7.45. The maximum absolute atomic E-state index is 12.9. The van der Waals surface area contributed by atoms with E-state index >= 15 is 0 Å². The van der Waals surface area contributed by atoms with E-state index in [0.717, 1.165) is 24.2 Å². The van der Waals surface area contributed by atoms with Gasteiger partial charge in [-0.05, 0) is 30.5 Å². The predicted octanol–water partition coefficient (Wildman–Crippen LogP) is 3.23. The van der Waals surface area contributed by atoms with Crippen LogP contribution in [0.3, 0.4) is 0 Å². The fourth-order valence-electron chi connectivity index (χ4n) is 2.86. The van der Waals surface area contributed by atoms with Crippen molar-refractivity contribution in [3.05, 3.63) is 47.3 Å². The average Bonchev–Trinajstić information content (AvgIpc) is 2.50. The maximum Gasteiger partial charge on any atom is 0.223 e. The summed E-state index contributed by atoms with van der Waals surface area (Å²) in [6, 6.07) is 6.38. The van der Waals surface area contributed by atoms with E-state index in [9.17, 15) is 4.39 Å². The van der Waals surface area contributed by atoms with Crippen molar-refractivity contribution < 1.29 is 4.39 Å². The number of aromatic nitrogens is 3. The van der Waals surface area contributed by atoms with Gasteiger partial charge in [0.05, 0.1) is 0 Å². The third-order valence-electron chi connectivity index (χ3n) is 3.96. The topological polar surface area (TPSA) is 64.7 Å². The number of rotatable bonds is 3. The summed E-state index contributed by atoms with van der Waals surface area (Å²) in [4.78, 5) is 13.1. The van der Waals surface area contributed by atoms with Gasteiger partial charge in [0.2, 0.25) is 5.95 Å². The van der Waals surface area contributed by atoms with Gasteiger partial charge in [-0.2, -0.15) is 9.97 Å². The Morgan fingerprint density at radius 3 is 2.43 bits per heavy atom. The van der Waals surface area contributed by atoms with Gasteiger partial charge < -0.3 is 5.73 Å². The first kappa shape index (κ1) is 13.9. The van der Waals surface area contributed by atoms with Gasteiger partial charge in [0.25, 0.3) is 0 Å². The minimum absolute atomic E-state index is 0.239. The number of hydrogen-bond donors (Lipinski definition) is 1. The van der Waals surface area contributed by atoms with Gasteiger partial charge in [0.15, 0.2) is 0 Å². The van der Waals surface area contributed by atoms with Gasteiger partial charge in [0, 0.05) is 12.3 Å². The van der Waals surface area contributed by atoms with Gasteiger partial charge in [-0.3, -0.25) is 0 Å². The Hall–Kier alpha value is -2.04. The van der Waals surface area contributed by atoms with E-state index in [1.54, 1.807) is 12.1 Å². The van der Waals surface area contributed by atoms with Gasteiger partial charge in [-0.25, -0.2) is 9.37 Å². The molecule has 110 valence electrons. The van der Waals surface area contributed by atoms with E-state index in [-0.39, 0.29) is 11.8 Å². The summed E-state index contributed by atoms with van der Waals surface area (Å²) in [6.45, 7) is 0. The molecular weight excluding hydrogens is 267 g/mol. The molecule has 5 heteroatoms. The standard InChI is InChI=1S/C16H19FN4/c17-13-8-6-11(7-9-13)10-14-19-15(21-16(18)20-14)12-4-2-1-3-5-12/h6-9,12H,1-5,10H2,(H2,18,19,20,21). The van der Waals surface area contributed by atoms with Crippen LogP contribution in [0.15, 0.2) is 24.3 Å². The van der Waals surface area contributed by atoms with Gasteiger partial charge in [-0.15, -0.1) is 0 Å². The van der Waals surface area contributed by atoms with Crippen LogP contribution in [0.1, 0.15) is 55.2 Å². The van der Waals surface area contributed by atoms with E-state index in [1.165, 1.54) is 31.4 Å². The summed E-state index contributed by atoms with van der Waals surface area (Å²) in [5.41, 5.74) is 6.79. The fourth-order valence-corrected chi connectivity index (χ4v) is 2.86. The number of halogens is 1. The van der Waals surface area contributed by atoms with Crippen LogP contribution in [0.5, 0.6) is 0 Å². The lowest BCUT2D eigenvalue weighted by atomic mass is 9.89. The Bertz CT molecular complexity index is 606. The molecular formula is C16H19FN4. The summed E-state index contributed by atoms with van der Waals surface area (Å²) < 4.78 is 12.9. The van der Waals surface area contributed by atoms with Crippen molar-refractivity contribution in [3.63, 3.8) is 0 Å². The van der Waals surface area contributed by atoms with Crippen molar-refractivity contribution in [2.24, 2.45) is 0 Å². The van der Waals surface area contributed by atoms with Crippen molar-refractivity contribution in [3.8, 4) is 0 Å². The molecule has 1 saturated carbocycles. The molecule has 1 aromatic heterocycles. The summed E-state index contributed by atoms with van der Waals surface area (Å²) >= 11 is 0. The smallest absolute Gasteiger partial charge is 0.223 e. The molecule has 0 aliphatic heterocycles. The predicted molar refractivity (Wildman–Crippen MR) is 79.3 cm³/mol. The molecule has 4 nitrogen and oxygen atoms in total. The number of nitrogens with two attached hydrogens (primary N) is 1. The van der Waals surface area contributed by atoms with Crippen molar-refractivity contribution in [1.82, 2.24) is 15.0 Å². The average molecular weight is 286 g/mol. The Labute approximate surface area is 123 Å². The number of anilines is 1. The lowest BCUT2D eigenvalue weighted by Gasteiger charge is -2.20. The molecule has 1 aliphatic carbocycles. The summed E-state index contributed by atoms with van der Waals surface area (Å²) in [6.07, 6.45) is 6.54. The lowest BCUT2D eigenvalue weighted by molar-refractivity contribution is 0.427. The molecule has 1 aliphatic rings. The number of nitrogen functional groups attached to an aromatic ring is 1. The van der Waals surface area contributed by atoms with Gasteiger partial charge >= 0.3 is 0 Å². The molecule has 0 saturated heterocycles. The molecule has 0 unspecified atom stereocenters. The van der Waals surface area contributed by atoms with Crippen LogP contribution in [0, 0.1) is 5.82 Å². The molecule has 2 N–H and O–H groups in total. The Morgan fingerprint density at radius 2 is 1.71 bits per heavy atom. The Kier molecular flexibility index (Phi) is 4.08. The fraction of sp³-hybridized carbons (Fsp3) is 0.438. The zero-order valence-electron chi connectivity index (χ0n) is 11.9.